The lowest BCUT2D eigenvalue weighted by atomic mass is 9.65. The number of carbonyl (C=O) groups excluding carboxylic acids is 1. The molecule has 0 spiro atoms. The first-order chi connectivity index (χ1) is 11.8. The van der Waals surface area contributed by atoms with Crippen LogP contribution in [0.2, 0.25) is 0 Å². The number of benzene rings is 1. The highest BCUT2D eigenvalue weighted by atomic mass is 35.5. The summed E-state index contributed by atoms with van der Waals surface area (Å²) in [6.45, 7) is 1.90. The predicted molar refractivity (Wildman–Crippen MR) is 103 cm³/mol. The Balaban J connectivity index is 0.00000243. The minimum atomic E-state index is -3.70. The third-order valence-corrected chi connectivity index (χ3v) is 6.78. The summed E-state index contributed by atoms with van der Waals surface area (Å²) in [6.07, 6.45) is 5.24. The maximum Gasteiger partial charge on any atom is 0.238 e. The summed E-state index contributed by atoms with van der Waals surface area (Å²) in [5.74, 6) is 1.04. The van der Waals surface area contributed by atoms with Crippen LogP contribution in [-0.2, 0) is 14.8 Å². The first kappa shape index (κ1) is 21.2. The second-order valence-electron chi connectivity index (χ2n) is 7.54. The number of nitrogens with two attached hydrogens (primary N) is 2. The largest absolute Gasteiger partial charge is 0.349 e. The van der Waals surface area contributed by atoms with Gasteiger partial charge in [-0.25, -0.2) is 13.6 Å². The van der Waals surface area contributed by atoms with Gasteiger partial charge in [-0.2, -0.15) is 0 Å². The Morgan fingerprint density at radius 1 is 1.15 bits per heavy atom. The number of hydrogen-bond acceptors (Lipinski definition) is 4. The normalized spacial score (nSPS) is 29.3. The minimum Gasteiger partial charge on any atom is -0.349 e. The molecule has 146 valence electrons. The number of primary sulfonamides is 1. The Hall–Kier alpha value is -1.15. The number of rotatable bonds is 4. The zero-order valence-electron chi connectivity index (χ0n) is 14.9. The molecule has 0 radical (unpaired) electrons. The van der Waals surface area contributed by atoms with Crippen molar-refractivity contribution in [3.8, 4) is 0 Å². The summed E-state index contributed by atoms with van der Waals surface area (Å²) in [4.78, 5) is 12.8. The molecule has 0 aromatic heterocycles. The van der Waals surface area contributed by atoms with Crippen LogP contribution in [0.15, 0.2) is 29.2 Å². The van der Waals surface area contributed by atoms with Gasteiger partial charge in [0.25, 0.3) is 0 Å². The number of sulfonamides is 1. The second kappa shape index (κ2) is 8.25. The van der Waals surface area contributed by atoms with Gasteiger partial charge in [0.15, 0.2) is 0 Å². The Bertz CT molecular complexity index is 725. The van der Waals surface area contributed by atoms with E-state index in [4.69, 9.17) is 10.9 Å². The highest BCUT2D eigenvalue weighted by Crippen LogP contribution is 2.42. The van der Waals surface area contributed by atoms with Crippen molar-refractivity contribution < 1.29 is 13.2 Å². The van der Waals surface area contributed by atoms with E-state index in [-0.39, 0.29) is 41.2 Å². The number of halogens is 1. The highest BCUT2D eigenvalue weighted by molar-refractivity contribution is 7.89. The van der Waals surface area contributed by atoms with Crippen LogP contribution in [0.1, 0.15) is 50.6 Å². The zero-order chi connectivity index (χ0) is 18.2. The molecule has 0 saturated heterocycles. The van der Waals surface area contributed by atoms with Gasteiger partial charge in [-0.05, 0) is 62.1 Å². The van der Waals surface area contributed by atoms with E-state index in [0.717, 1.165) is 31.2 Å². The van der Waals surface area contributed by atoms with Gasteiger partial charge in [0.05, 0.1) is 10.9 Å². The van der Waals surface area contributed by atoms with Crippen molar-refractivity contribution in [2.75, 3.05) is 0 Å². The molecule has 0 heterocycles. The van der Waals surface area contributed by atoms with E-state index in [1.807, 2.05) is 6.92 Å². The van der Waals surface area contributed by atoms with E-state index in [1.54, 1.807) is 12.1 Å². The number of hydrogen-bond donors (Lipinski definition) is 3. The van der Waals surface area contributed by atoms with Crippen LogP contribution in [-0.4, -0.2) is 20.4 Å². The molecule has 2 aliphatic carbocycles. The third-order valence-electron chi connectivity index (χ3n) is 5.85. The molecule has 3 rings (SSSR count). The lowest BCUT2D eigenvalue weighted by molar-refractivity contribution is -0.128. The van der Waals surface area contributed by atoms with Gasteiger partial charge in [-0.15, -0.1) is 12.4 Å². The van der Waals surface area contributed by atoms with Crippen molar-refractivity contribution in [1.82, 2.24) is 5.32 Å². The fourth-order valence-corrected chi connectivity index (χ4v) is 4.88. The van der Waals surface area contributed by atoms with Crippen molar-refractivity contribution in [3.05, 3.63) is 29.8 Å². The smallest absolute Gasteiger partial charge is 0.238 e. The van der Waals surface area contributed by atoms with Gasteiger partial charge >= 0.3 is 0 Å². The molecule has 1 aromatic carbocycles. The van der Waals surface area contributed by atoms with E-state index < -0.39 is 10.0 Å². The van der Waals surface area contributed by atoms with E-state index >= 15 is 0 Å². The first-order valence-electron chi connectivity index (χ1n) is 8.94. The number of nitrogens with one attached hydrogen (secondary N) is 1. The number of amides is 1. The van der Waals surface area contributed by atoms with E-state index in [1.165, 1.54) is 18.6 Å². The molecule has 6 nitrogen and oxygen atoms in total. The highest BCUT2D eigenvalue weighted by Gasteiger charge is 2.40. The van der Waals surface area contributed by atoms with Gasteiger partial charge in [0.1, 0.15) is 0 Å². The Morgan fingerprint density at radius 2 is 1.69 bits per heavy atom. The molecule has 26 heavy (non-hydrogen) atoms. The topological polar surface area (TPSA) is 115 Å². The van der Waals surface area contributed by atoms with Crippen LogP contribution < -0.4 is 16.2 Å². The molecule has 0 aliphatic heterocycles. The molecule has 8 heteroatoms. The van der Waals surface area contributed by atoms with Crippen LogP contribution in [0.5, 0.6) is 0 Å². The molecule has 2 aliphatic rings. The van der Waals surface area contributed by atoms with Gasteiger partial charge in [-0.1, -0.05) is 18.6 Å². The Morgan fingerprint density at radius 3 is 2.19 bits per heavy atom. The SMILES string of the molecule is CC(NC(=O)C1CC2CCCC(C1)C2N)c1ccc(S(N)(=O)=O)cc1.Cl. The van der Waals surface area contributed by atoms with Crippen molar-refractivity contribution in [2.24, 2.45) is 28.6 Å². The summed E-state index contributed by atoms with van der Waals surface area (Å²) in [7, 11) is -3.70. The lowest BCUT2D eigenvalue weighted by Crippen LogP contribution is -2.49. The molecular weight excluding hydrogens is 374 g/mol. The zero-order valence-corrected chi connectivity index (χ0v) is 16.6. The molecule has 3 atom stereocenters. The number of carbonyl (C=O) groups is 1. The Kier molecular flexibility index (Phi) is 6.71. The maximum atomic E-state index is 12.7. The average molecular weight is 402 g/mol. The van der Waals surface area contributed by atoms with Gasteiger partial charge in [0.2, 0.25) is 15.9 Å². The fraction of sp³-hybridized carbons (Fsp3) is 0.611. The molecule has 3 unspecified atom stereocenters. The molecular formula is C18H28ClN3O3S. The maximum absolute atomic E-state index is 12.7. The third kappa shape index (κ3) is 4.57. The van der Waals surface area contributed by atoms with Crippen LogP contribution in [0.3, 0.4) is 0 Å². The van der Waals surface area contributed by atoms with Crippen LogP contribution in [0.4, 0.5) is 0 Å². The van der Waals surface area contributed by atoms with Crippen molar-refractivity contribution in [1.29, 1.82) is 0 Å². The van der Waals surface area contributed by atoms with Crippen LogP contribution in [0.25, 0.3) is 0 Å². The van der Waals surface area contributed by atoms with Crippen molar-refractivity contribution >= 4 is 28.3 Å². The standard InChI is InChI=1S/C18H27N3O3S.ClH/c1-11(12-5-7-16(8-6-12)25(20,23)24)21-18(22)15-9-13-3-2-4-14(10-15)17(13)19;/h5-8,11,13-15,17H,2-4,9-10,19H2,1H3,(H,21,22)(H2,20,23,24);1H. The van der Waals surface area contributed by atoms with Crippen LogP contribution >= 0.6 is 12.4 Å². The molecule has 1 aromatic rings. The molecule has 1 amide bonds. The fourth-order valence-electron chi connectivity index (χ4n) is 4.36. The minimum absolute atomic E-state index is 0. The summed E-state index contributed by atoms with van der Waals surface area (Å²) in [6, 6.07) is 6.39. The molecule has 5 N–H and O–H groups in total. The quantitative estimate of drug-likeness (QED) is 0.716. The van der Waals surface area contributed by atoms with Gasteiger partial charge in [0, 0.05) is 12.0 Å². The molecule has 2 bridgehead atoms. The van der Waals surface area contributed by atoms with E-state index in [9.17, 15) is 13.2 Å². The monoisotopic (exact) mass is 401 g/mol. The number of fused-ring (bicyclic) bond motifs is 2. The second-order valence-corrected chi connectivity index (χ2v) is 9.10. The van der Waals surface area contributed by atoms with Crippen molar-refractivity contribution in [3.63, 3.8) is 0 Å². The van der Waals surface area contributed by atoms with E-state index in [2.05, 4.69) is 5.32 Å². The Labute approximate surface area is 161 Å². The van der Waals surface area contributed by atoms with Crippen molar-refractivity contribution in [2.45, 2.75) is 56.0 Å². The van der Waals surface area contributed by atoms with E-state index in [0.29, 0.717) is 11.8 Å². The average Bonchev–Trinajstić information content (AvgIpc) is 2.53. The van der Waals surface area contributed by atoms with Gasteiger partial charge < -0.3 is 11.1 Å². The summed E-state index contributed by atoms with van der Waals surface area (Å²) in [5.41, 5.74) is 7.15. The predicted octanol–water partition coefficient (Wildman–Crippen LogP) is 2.09. The van der Waals surface area contributed by atoms with Gasteiger partial charge in [-0.3, -0.25) is 4.79 Å². The summed E-state index contributed by atoms with van der Waals surface area (Å²) in [5, 5.41) is 8.18. The summed E-state index contributed by atoms with van der Waals surface area (Å²) >= 11 is 0. The summed E-state index contributed by atoms with van der Waals surface area (Å²) < 4.78 is 22.6. The molecule has 2 fully saturated rings. The lowest BCUT2D eigenvalue weighted by Gasteiger charge is -2.43. The first-order valence-corrected chi connectivity index (χ1v) is 10.5. The van der Waals surface area contributed by atoms with Crippen LogP contribution in [0, 0.1) is 17.8 Å². The molecule has 2 saturated carbocycles.